The van der Waals surface area contributed by atoms with Crippen LogP contribution in [0.4, 0.5) is 4.79 Å². The van der Waals surface area contributed by atoms with Gasteiger partial charge < -0.3 is 10.2 Å². The molecular weight excluding hydrogens is 188 g/mol. The lowest BCUT2D eigenvalue weighted by molar-refractivity contribution is -0.147. The van der Waals surface area contributed by atoms with Crippen molar-refractivity contribution in [3.63, 3.8) is 0 Å². The Kier molecular flexibility index (Phi) is 3.29. The molecule has 0 aromatic heterocycles. The van der Waals surface area contributed by atoms with Crippen molar-refractivity contribution < 1.29 is 19.8 Å². The second kappa shape index (κ2) is 4.28. The minimum Gasteiger partial charge on any atom is -0.480 e. The fraction of sp³-hybridized carbons (Fsp3) is 0.750. The van der Waals surface area contributed by atoms with Gasteiger partial charge in [-0.15, -0.1) is 0 Å². The van der Waals surface area contributed by atoms with Gasteiger partial charge in [-0.3, -0.25) is 4.79 Å². The second-order valence-corrected chi connectivity index (χ2v) is 3.16. The van der Waals surface area contributed by atoms with Crippen LogP contribution in [0.25, 0.3) is 0 Å². The highest BCUT2D eigenvalue weighted by Crippen LogP contribution is 2.19. The molecule has 1 fully saturated rings. The number of carboxylic acid groups (broad SMARTS) is 2. The van der Waals surface area contributed by atoms with Crippen LogP contribution in [0.15, 0.2) is 0 Å². The molecule has 80 valence electrons. The van der Waals surface area contributed by atoms with E-state index in [4.69, 9.17) is 10.2 Å². The Morgan fingerprint density at radius 3 is 2.57 bits per heavy atom. The second-order valence-electron chi connectivity index (χ2n) is 3.16. The number of hydrazine groups is 1. The van der Waals surface area contributed by atoms with Crippen LogP contribution in [0.2, 0.25) is 0 Å². The highest BCUT2D eigenvalue weighted by atomic mass is 16.4. The monoisotopic (exact) mass is 202 g/mol. The molecule has 0 aromatic carbocycles. The number of rotatable bonds is 3. The van der Waals surface area contributed by atoms with Crippen LogP contribution in [0.3, 0.4) is 0 Å². The van der Waals surface area contributed by atoms with Crippen molar-refractivity contribution in [3.8, 4) is 0 Å². The maximum absolute atomic E-state index is 10.8. The smallest absolute Gasteiger partial charge is 0.421 e. The molecular formula is C8H14N2O4. The number of amides is 1. The molecule has 0 radical (unpaired) electrons. The molecule has 6 heteroatoms. The third-order valence-electron chi connectivity index (χ3n) is 2.34. The lowest BCUT2D eigenvalue weighted by Gasteiger charge is -2.31. The van der Waals surface area contributed by atoms with Crippen molar-refractivity contribution in [2.75, 3.05) is 13.1 Å². The van der Waals surface area contributed by atoms with Crippen LogP contribution in [-0.2, 0) is 4.79 Å². The minimum absolute atomic E-state index is 0.277. The summed E-state index contributed by atoms with van der Waals surface area (Å²) in [5, 5.41) is 20.1. The van der Waals surface area contributed by atoms with Crippen LogP contribution in [0.5, 0.6) is 0 Å². The van der Waals surface area contributed by atoms with E-state index in [2.05, 4.69) is 0 Å². The highest BCUT2D eigenvalue weighted by molar-refractivity contribution is 5.74. The molecule has 1 rings (SSSR count). The first kappa shape index (κ1) is 10.8. The summed E-state index contributed by atoms with van der Waals surface area (Å²) in [6.45, 7) is 2.46. The van der Waals surface area contributed by atoms with Crippen molar-refractivity contribution in [2.45, 2.75) is 25.8 Å². The standard InChI is InChI=1S/C8H14N2O4/c1-2-9(8(13)14)10-5-3-4-6(10)7(11)12/h6H,2-5H2,1H3,(H,11,12)(H,13,14)/t6-/m0/s1. The predicted molar refractivity (Wildman–Crippen MR) is 47.8 cm³/mol. The molecule has 1 aliphatic rings. The first-order chi connectivity index (χ1) is 6.57. The van der Waals surface area contributed by atoms with Crippen LogP contribution >= 0.6 is 0 Å². The van der Waals surface area contributed by atoms with E-state index in [1.54, 1.807) is 6.92 Å². The van der Waals surface area contributed by atoms with Crippen molar-refractivity contribution in [1.29, 1.82) is 0 Å². The number of aliphatic carboxylic acids is 1. The van der Waals surface area contributed by atoms with Crippen LogP contribution in [0, 0.1) is 0 Å². The molecule has 1 heterocycles. The molecule has 0 unspecified atom stereocenters. The first-order valence-corrected chi connectivity index (χ1v) is 4.57. The maximum atomic E-state index is 10.8. The van der Waals surface area contributed by atoms with Crippen molar-refractivity contribution in [1.82, 2.24) is 10.0 Å². The van der Waals surface area contributed by atoms with Gasteiger partial charge in [0.25, 0.3) is 0 Å². The molecule has 0 aromatic rings. The summed E-state index contributed by atoms with van der Waals surface area (Å²) in [6, 6.07) is -0.689. The molecule has 1 atom stereocenters. The van der Waals surface area contributed by atoms with E-state index >= 15 is 0 Å². The van der Waals surface area contributed by atoms with E-state index in [1.807, 2.05) is 0 Å². The van der Waals surface area contributed by atoms with Gasteiger partial charge in [-0.05, 0) is 19.8 Å². The molecule has 1 amide bonds. The van der Waals surface area contributed by atoms with Crippen molar-refractivity contribution in [2.24, 2.45) is 0 Å². The lowest BCUT2D eigenvalue weighted by Crippen LogP contribution is -2.50. The van der Waals surface area contributed by atoms with E-state index in [-0.39, 0.29) is 6.54 Å². The summed E-state index contributed by atoms with van der Waals surface area (Å²) in [4.78, 5) is 21.6. The summed E-state index contributed by atoms with van der Waals surface area (Å²) < 4.78 is 0. The number of nitrogens with zero attached hydrogens (tertiary/aromatic N) is 2. The van der Waals surface area contributed by atoms with Gasteiger partial charge >= 0.3 is 12.1 Å². The van der Waals surface area contributed by atoms with Crippen molar-refractivity contribution >= 4 is 12.1 Å². The topological polar surface area (TPSA) is 81.1 Å². The summed E-state index contributed by atoms with van der Waals surface area (Å²) in [6.07, 6.45) is 0.139. The summed E-state index contributed by atoms with van der Waals surface area (Å²) in [5.41, 5.74) is 0. The van der Waals surface area contributed by atoms with Gasteiger partial charge in [-0.2, -0.15) is 0 Å². The highest BCUT2D eigenvalue weighted by Gasteiger charge is 2.35. The number of hydrogen-bond donors (Lipinski definition) is 2. The van der Waals surface area contributed by atoms with Gasteiger partial charge in [-0.25, -0.2) is 14.8 Å². The summed E-state index contributed by atoms with van der Waals surface area (Å²) >= 11 is 0. The lowest BCUT2D eigenvalue weighted by atomic mass is 10.2. The van der Waals surface area contributed by atoms with Gasteiger partial charge in [0.2, 0.25) is 0 Å². The Balaban J connectivity index is 2.74. The Morgan fingerprint density at radius 1 is 1.50 bits per heavy atom. The SMILES string of the molecule is CCN(C(=O)O)N1CCC[C@H]1C(=O)O. The average Bonchev–Trinajstić information content (AvgIpc) is 2.53. The van der Waals surface area contributed by atoms with Gasteiger partial charge in [-0.1, -0.05) is 0 Å². The molecule has 2 N–H and O–H groups in total. The van der Waals surface area contributed by atoms with E-state index in [0.29, 0.717) is 13.0 Å². The van der Waals surface area contributed by atoms with E-state index < -0.39 is 18.1 Å². The Bertz CT molecular complexity index is 243. The third-order valence-corrected chi connectivity index (χ3v) is 2.34. The fourth-order valence-corrected chi connectivity index (χ4v) is 1.72. The molecule has 0 aliphatic carbocycles. The Hall–Kier alpha value is -1.30. The Labute approximate surface area is 81.7 Å². The quantitative estimate of drug-likeness (QED) is 0.694. The summed E-state index contributed by atoms with van der Waals surface area (Å²) in [5.74, 6) is -0.956. The molecule has 0 saturated carbocycles. The minimum atomic E-state index is -1.10. The Morgan fingerprint density at radius 2 is 2.14 bits per heavy atom. The normalized spacial score (nSPS) is 22.2. The molecule has 14 heavy (non-hydrogen) atoms. The van der Waals surface area contributed by atoms with E-state index in [0.717, 1.165) is 11.4 Å². The molecule has 0 bridgehead atoms. The molecule has 1 saturated heterocycles. The number of hydrogen-bond acceptors (Lipinski definition) is 3. The molecule has 0 spiro atoms. The van der Waals surface area contributed by atoms with Gasteiger partial charge in [0.15, 0.2) is 0 Å². The van der Waals surface area contributed by atoms with Crippen molar-refractivity contribution in [3.05, 3.63) is 0 Å². The summed E-state index contributed by atoms with van der Waals surface area (Å²) in [7, 11) is 0. The largest absolute Gasteiger partial charge is 0.480 e. The predicted octanol–water partition coefficient (Wildman–Crippen LogP) is 0.450. The van der Waals surface area contributed by atoms with Gasteiger partial charge in [0, 0.05) is 13.1 Å². The number of carbonyl (C=O) groups is 2. The first-order valence-electron chi connectivity index (χ1n) is 4.57. The third kappa shape index (κ3) is 1.95. The van der Waals surface area contributed by atoms with Crippen LogP contribution < -0.4 is 0 Å². The molecule has 1 aliphatic heterocycles. The van der Waals surface area contributed by atoms with Gasteiger partial charge in [0.05, 0.1) is 0 Å². The maximum Gasteiger partial charge on any atom is 0.421 e. The zero-order valence-electron chi connectivity index (χ0n) is 8.01. The van der Waals surface area contributed by atoms with E-state index in [1.165, 1.54) is 5.01 Å². The molecule has 6 nitrogen and oxygen atoms in total. The average molecular weight is 202 g/mol. The zero-order chi connectivity index (χ0) is 10.7. The van der Waals surface area contributed by atoms with E-state index in [9.17, 15) is 9.59 Å². The fourth-order valence-electron chi connectivity index (χ4n) is 1.72. The zero-order valence-corrected chi connectivity index (χ0v) is 8.01. The number of carboxylic acids is 1. The van der Waals surface area contributed by atoms with Crippen LogP contribution in [-0.4, -0.2) is 51.4 Å². The van der Waals surface area contributed by atoms with Crippen LogP contribution in [0.1, 0.15) is 19.8 Å². The van der Waals surface area contributed by atoms with Gasteiger partial charge in [0.1, 0.15) is 6.04 Å².